The third-order valence-electron chi connectivity index (χ3n) is 0.942. The molecule has 1 atom stereocenters. The number of nitrogens with zero attached hydrogens (tertiary/aromatic N) is 1. The summed E-state index contributed by atoms with van der Waals surface area (Å²) in [6, 6.07) is 0. The van der Waals surface area contributed by atoms with Crippen molar-refractivity contribution in [3.8, 4) is 0 Å². The summed E-state index contributed by atoms with van der Waals surface area (Å²) < 4.78 is 1.98. The molecule has 1 aliphatic rings. The van der Waals surface area contributed by atoms with Gasteiger partial charge in [0.15, 0.2) is 0 Å². The zero-order chi connectivity index (χ0) is 5.28. The van der Waals surface area contributed by atoms with Gasteiger partial charge in [0, 0.05) is 12.3 Å². The van der Waals surface area contributed by atoms with Gasteiger partial charge >= 0.3 is 0 Å². The Morgan fingerprint density at radius 2 is 2.57 bits per heavy atom. The Labute approximate surface area is 47.6 Å². The standard InChI is InChI=1S/C4H8NOS/c1-5-2-4(6)3-7-5/h4H,2-3H2,1H3. The zero-order valence-electron chi connectivity index (χ0n) is 4.26. The Hall–Kier alpha value is 0.270. The van der Waals surface area contributed by atoms with Gasteiger partial charge in [-0.1, -0.05) is 11.9 Å². The lowest BCUT2D eigenvalue weighted by Crippen LogP contribution is -2.12. The van der Waals surface area contributed by atoms with Gasteiger partial charge in [0.05, 0.1) is 0 Å². The van der Waals surface area contributed by atoms with Gasteiger partial charge in [-0.05, 0) is 7.05 Å². The Morgan fingerprint density at radius 3 is 2.71 bits per heavy atom. The third kappa shape index (κ3) is 1.33. The monoisotopic (exact) mass is 118 g/mol. The molecular weight excluding hydrogens is 110 g/mol. The number of hydrogen-bond donors (Lipinski definition) is 0. The van der Waals surface area contributed by atoms with Gasteiger partial charge in [0.2, 0.25) is 0 Å². The molecule has 7 heavy (non-hydrogen) atoms. The molecule has 41 valence electrons. The SMILES string of the molecule is CN1CC([O])CS1. The van der Waals surface area contributed by atoms with Crippen LogP contribution >= 0.6 is 11.9 Å². The lowest BCUT2D eigenvalue weighted by atomic mass is 10.4. The van der Waals surface area contributed by atoms with E-state index in [2.05, 4.69) is 0 Å². The van der Waals surface area contributed by atoms with Gasteiger partial charge in [-0.15, -0.1) is 0 Å². The maximum atomic E-state index is 10.5. The highest BCUT2D eigenvalue weighted by Crippen LogP contribution is 2.16. The smallest absolute Gasteiger partial charge is 0.117 e. The maximum absolute atomic E-state index is 10.5. The summed E-state index contributed by atoms with van der Waals surface area (Å²) in [7, 11) is 1.95. The maximum Gasteiger partial charge on any atom is 0.117 e. The van der Waals surface area contributed by atoms with Crippen LogP contribution in [0.4, 0.5) is 0 Å². The summed E-state index contributed by atoms with van der Waals surface area (Å²) in [5.41, 5.74) is 0. The van der Waals surface area contributed by atoms with E-state index in [1.54, 1.807) is 11.9 Å². The highest BCUT2D eigenvalue weighted by molar-refractivity contribution is 7.97. The molecule has 1 rings (SSSR count). The van der Waals surface area contributed by atoms with E-state index < -0.39 is 0 Å². The van der Waals surface area contributed by atoms with E-state index in [0.29, 0.717) is 6.54 Å². The minimum atomic E-state index is -0.338. The summed E-state index contributed by atoms with van der Waals surface area (Å²) in [6.45, 7) is 0.713. The molecule has 0 saturated carbocycles. The first-order valence-electron chi connectivity index (χ1n) is 2.29. The Balaban J connectivity index is 2.26. The van der Waals surface area contributed by atoms with Crippen molar-refractivity contribution in [1.29, 1.82) is 0 Å². The van der Waals surface area contributed by atoms with Gasteiger partial charge in [-0.3, -0.25) is 4.31 Å². The van der Waals surface area contributed by atoms with Crippen LogP contribution in [-0.4, -0.2) is 29.8 Å². The Morgan fingerprint density at radius 1 is 1.86 bits per heavy atom. The zero-order valence-corrected chi connectivity index (χ0v) is 5.07. The molecular formula is C4H8NOS. The molecule has 1 heterocycles. The minimum absolute atomic E-state index is 0.338. The minimum Gasteiger partial charge on any atom is -0.251 e. The van der Waals surface area contributed by atoms with Gasteiger partial charge in [0.25, 0.3) is 0 Å². The molecule has 1 radical (unpaired) electrons. The molecule has 0 spiro atoms. The van der Waals surface area contributed by atoms with Crippen LogP contribution in [0.2, 0.25) is 0 Å². The fraction of sp³-hybridized carbons (Fsp3) is 1.00. The summed E-state index contributed by atoms with van der Waals surface area (Å²) >= 11 is 1.63. The largest absolute Gasteiger partial charge is 0.251 e. The highest BCUT2D eigenvalue weighted by atomic mass is 32.2. The van der Waals surface area contributed by atoms with E-state index in [9.17, 15) is 5.11 Å². The van der Waals surface area contributed by atoms with E-state index in [-0.39, 0.29) is 6.10 Å². The van der Waals surface area contributed by atoms with Crippen LogP contribution in [0.3, 0.4) is 0 Å². The molecule has 1 unspecified atom stereocenters. The van der Waals surface area contributed by atoms with Gasteiger partial charge < -0.3 is 0 Å². The molecule has 1 fully saturated rings. The lowest BCUT2D eigenvalue weighted by molar-refractivity contribution is 0.107. The molecule has 3 heteroatoms. The molecule has 1 saturated heterocycles. The fourth-order valence-corrected chi connectivity index (χ4v) is 1.40. The van der Waals surface area contributed by atoms with Gasteiger partial charge in [0.1, 0.15) is 6.10 Å². The van der Waals surface area contributed by atoms with E-state index in [0.717, 1.165) is 5.75 Å². The average Bonchev–Trinajstić information content (AvgIpc) is 1.87. The molecule has 2 nitrogen and oxygen atoms in total. The van der Waals surface area contributed by atoms with Crippen LogP contribution in [0.1, 0.15) is 0 Å². The fourth-order valence-electron chi connectivity index (χ4n) is 0.603. The van der Waals surface area contributed by atoms with Crippen molar-refractivity contribution in [3.63, 3.8) is 0 Å². The van der Waals surface area contributed by atoms with Crippen LogP contribution in [0.25, 0.3) is 0 Å². The molecule has 0 bridgehead atoms. The van der Waals surface area contributed by atoms with Gasteiger partial charge in [-0.2, -0.15) is 0 Å². The van der Waals surface area contributed by atoms with Crippen LogP contribution in [0.15, 0.2) is 0 Å². The predicted molar refractivity (Wildman–Crippen MR) is 29.6 cm³/mol. The van der Waals surface area contributed by atoms with E-state index in [1.165, 1.54) is 0 Å². The van der Waals surface area contributed by atoms with E-state index >= 15 is 0 Å². The first-order valence-corrected chi connectivity index (χ1v) is 3.23. The molecule has 0 amide bonds. The normalized spacial score (nSPS) is 34.3. The Kier molecular flexibility index (Phi) is 1.57. The van der Waals surface area contributed by atoms with Crippen molar-refractivity contribution >= 4 is 11.9 Å². The van der Waals surface area contributed by atoms with Crippen LogP contribution in [0, 0.1) is 0 Å². The van der Waals surface area contributed by atoms with E-state index in [1.807, 2.05) is 11.4 Å². The van der Waals surface area contributed by atoms with Crippen molar-refractivity contribution in [2.45, 2.75) is 6.10 Å². The third-order valence-corrected chi connectivity index (χ3v) is 2.05. The second-order valence-corrected chi connectivity index (χ2v) is 2.94. The molecule has 0 aromatic heterocycles. The number of rotatable bonds is 0. The summed E-state index contributed by atoms with van der Waals surface area (Å²) in [5, 5.41) is 10.5. The van der Waals surface area contributed by atoms with Crippen LogP contribution in [0.5, 0.6) is 0 Å². The van der Waals surface area contributed by atoms with Crippen molar-refractivity contribution in [3.05, 3.63) is 0 Å². The first-order chi connectivity index (χ1) is 3.29. The first kappa shape index (κ1) is 5.41. The molecule has 0 aliphatic carbocycles. The van der Waals surface area contributed by atoms with Crippen molar-refractivity contribution in [1.82, 2.24) is 4.31 Å². The van der Waals surface area contributed by atoms with Crippen molar-refractivity contribution in [2.75, 3.05) is 19.3 Å². The van der Waals surface area contributed by atoms with Crippen molar-refractivity contribution < 1.29 is 5.11 Å². The number of likely N-dealkylation sites (N-methyl/N-ethyl adjacent to an activating group) is 1. The van der Waals surface area contributed by atoms with Crippen LogP contribution in [-0.2, 0) is 5.11 Å². The lowest BCUT2D eigenvalue weighted by Gasteiger charge is -2.00. The predicted octanol–water partition coefficient (Wildman–Crippen LogP) is 0.379. The molecule has 1 aliphatic heterocycles. The average molecular weight is 118 g/mol. The molecule has 0 aromatic carbocycles. The van der Waals surface area contributed by atoms with Gasteiger partial charge in [-0.25, -0.2) is 5.11 Å². The summed E-state index contributed by atoms with van der Waals surface area (Å²) in [6.07, 6.45) is -0.338. The number of hydrogen-bond acceptors (Lipinski definition) is 2. The highest BCUT2D eigenvalue weighted by Gasteiger charge is 2.17. The molecule has 0 N–H and O–H groups in total. The van der Waals surface area contributed by atoms with Crippen molar-refractivity contribution in [2.24, 2.45) is 0 Å². The Bertz CT molecular complexity index is 60.7. The van der Waals surface area contributed by atoms with Crippen LogP contribution < -0.4 is 0 Å². The summed E-state index contributed by atoms with van der Waals surface area (Å²) in [4.78, 5) is 0. The second kappa shape index (κ2) is 2.03. The topological polar surface area (TPSA) is 23.1 Å². The molecule has 0 aromatic rings. The second-order valence-electron chi connectivity index (χ2n) is 1.73. The quantitative estimate of drug-likeness (QED) is 0.429. The summed E-state index contributed by atoms with van der Waals surface area (Å²) in [5.74, 6) is 0.760. The van der Waals surface area contributed by atoms with E-state index in [4.69, 9.17) is 0 Å².